The van der Waals surface area contributed by atoms with E-state index in [2.05, 4.69) is 5.32 Å². The number of carbonyl (C=O) groups excluding carboxylic acids is 2. The first-order chi connectivity index (χ1) is 17.2. The van der Waals surface area contributed by atoms with Gasteiger partial charge in [-0.1, -0.05) is 59.4 Å². The summed E-state index contributed by atoms with van der Waals surface area (Å²) in [5, 5.41) is 4.17. The van der Waals surface area contributed by atoms with E-state index in [0.29, 0.717) is 20.6 Å². The molecule has 2 aromatic rings. The number of benzene rings is 2. The molecule has 0 bridgehead atoms. The maximum absolute atomic E-state index is 13.4. The molecule has 0 saturated heterocycles. The lowest BCUT2D eigenvalue weighted by Crippen LogP contribution is -2.49. The number of halogens is 4. The smallest absolute Gasteiger partial charge is 0.242 e. The molecule has 2 aromatic carbocycles. The molecule has 204 valence electrons. The van der Waals surface area contributed by atoms with Crippen molar-refractivity contribution in [3.8, 4) is 0 Å². The van der Waals surface area contributed by atoms with Gasteiger partial charge in [0.1, 0.15) is 6.04 Å². The van der Waals surface area contributed by atoms with Crippen LogP contribution in [0.15, 0.2) is 36.4 Å². The molecular formula is C25H31Cl4N3O4S. The Hall–Kier alpha value is -1.71. The van der Waals surface area contributed by atoms with Crippen molar-refractivity contribution in [3.05, 3.63) is 62.1 Å². The Balaban J connectivity index is 2.24. The number of carbonyl (C=O) groups is 2. The molecule has 0 heterocycles. The van der Waals surface area contributed by atoms with E-state index in [1.54, 1.807) is 31.2 Å². The molecule has 0 fully saturated rings. The van der Waals surface area contributed by atoms with Crippen LogP contribution in [0.4, 0.5) is 5.69 Å². The number of hydrogen-bond acceptors (Lipinski definition) is 4. The predicted octanol–water partition coefficient (Wildman–Crippen LogP) is 6.18. The van der Waals surface area contributed by atoms with Crippen LogP contribution in [0.2, 0.25) is 20.1 Å². The van der Waals surface area contributed by atoms with Crippen LogP contribution < -0.4 is 9.62 Å². The predicted molar refractivity (Wildman–Crippen MR) is 152 cm³/mol. The Labute approximate surface area is 239 Å². The first-order valence-corrected chi connectivity index (χ1v) is 15.1. The zero-order valence-corrected chi connectivity index (χ0v) is 24.9. The zero-order chi connectivity index (χ0) is 27.9. The van der Waals surface area contributed by atoms with Crippen molar-refractivity contribution in [3.63, 3.8) is 0 Å². The van der Waals surface area contributed by atoms with E-state index in [1.165, 1.54) is 17.0 Å². The second kappa shape index (κ2) is 13.9. The molecule has 0 aromatic heterocycles. The van der Waals surface area contributed by atoms with Crippen molar-refractivity contribution in [1.29, 1.82) is 0 Å². The fraction of sp³-hybridized carbons (Fsp3) is 0.440. The Morgan fingerprint density at radius 3 is 2.22 bits per heavy atom. The van der Waals surface area contributed by atoms with Gasteiger partial charge in [-0.15, -0.1) is 0 Å². The molecule has 2 amide bonds. The fourth-order valence-electron chi connectivity index (χ4n) is 3.54. The second-order valence-corrected chi connectivity index (χ2v) is 12.4. The highest BCUT2D eigenvalue weighted by Gasteiger charge is 2.27. The minimum absolute atomic E-state index is 0.00129. The van der Waals surface area contributed by atoms with Gasteiger partial charge in [-0.2, -0.15) is 0 Å². The van der Waals surface area contributed by atoms with Gasteiger partial charge in [0.25, 0.3) is 0 Å². The summed E-state index contributed by atoms with van der Waals surface area (Å²) in [6.45, 7) is 5.62. The lowest BCUT2D eigenvalue weighted by atomic mass is 10.1. The number of nitrogens with zero attached hydrogens (tertiary/aromatic N) is 2. The first kappa shape index (κ1) is 31.5. The minimum atomic E-state index is -3.70. The molecule has 0 saturated carbocycles. The van der Waals surface area contributed by atoms with Crippen molar-refractivity contribution >= 4 is 73.9 Å². The number of anilines is 1. The minimum Gasteiger partial charge on any atom is -0.352 e. The van der Waals surface area contributed by atoms with Crippen LogP contribution in [0.25, 0.3) is 0 Å². The maximum atomic E-state index is 13.4. The van der Waals surface area contributed by atoms with Gasteiger partial charge in [0.05, 0.1) is 27.0 Å². The van der Waals surface area contributed by atoms with Gasteiger partial charge in [0.2, 0.25) is 21.8 Å². The lowest BCUT2D eigenvalue weighted by molar-refractivity contribution is -0.140. The third-order valence-electron chi connectivity index (χ3n) is 5.83. The molecule has 0 aliphatic rings. The van der Waals surface area contributed by atoms with E-state index in [-0.39, 0.29) is 54.5 Å². The summed E-state index contributed by atoms with van der Waals surface area (Å²) in [5.41, 5.74) is 0.937. The monoisotopic (exact) mass is 609 g/mol. The van der Waals surface area contributed by atoms with Gasteiger partial charge in [-0.25, -0.2) is 8.42 Å². The van der Waals surface area contributed by atoms with Crippen LogP contribution in [-0.2, 0) is 26.2 Å². The Morgan fingerprint density at radius 2 is 1.62 bits per heavy atom. The SMILES string of the molecule is CC[C@@H](C)NC(=O)[C@@H](C)N(Cc1ccc(Cl)c(Cl)c1)C(=O)CCCN(c1cc(Cl)ccc1Cl)S(C)(=O)=O. The molecule has 0 aliphatic carbocycles. The molecular weight excluding hydrogens is 580 g/mol. The number of rotatable bonds is 12. The molecule has 0 unspecified atom stereocenters. The molecule has 12 heteroatoms. The Bertz CT molecular complexity index is 1230. The number of sulfonamides is 1. The molecule has 37 heavy (non-hydrogen) atoms. The molecule has 2 atom stereocenters. The largest absolute Gasteiger partial charge is 0.352 e. The highest BCUT2D eigenvalue weighted by molar-refractivity contribution is 7.92. The molecule has 0 aliphatic heterocycles. The third-order valence-corrected chi connectivity index (χ3v) is 8.31. The molecule has 7 nitrogen and oxygen atoms in total. The zero-order valence-electron chi connectivity index (χ0n) is 21.1. The van der Waals surface area contributed by atoms with E-state index in [1.807, 2.05) is 13.8 Å². The second-order valence-electron chi connectivity index (χ2n) is 8.80. The number of hydrogen-bond donors (Lipinski definition) is 1. The van der Waals surface area contributed by atoms with Crippen molar-refractivity contribution in [1.82, 2.24) is 10.2 Å². The molecule has 0 radical (unpaired) electrons. The number of nitrogens with one attached hydrogen (secondary N) is 1. The summed E-state index contributed by atoms with van der Waals surface area (Å²) in [6.07, 6.45) is 1.98. The highest BCUT2D eigenvalue weighted by atomic mass is 35.5. The average Bonchev–Trinajstić information content (AvgIpc) is 2.82. The van der Waals surface area contributed by atoms with Gasteiger partial charge < -0.3 is 10.2 Å². The van der Waals surface area contributed by atoms with Crippen LogP contribution in [0.1, 0.15) is 45.6 Å². The van der Waals surface area contributed by atoms with Gasteiger partial charge in [-0.05, 0) is 62.6 Å². The topological polar surface area (TPSA) is 86.8 Å². The van der Waals surface area contributed by atoms with Crippen LogP contribution >= 0.6 is 46.4 Å². The van der Waals surface area contributed by atoms with Crippen molar-refractivity contribution < 1.29 is 18.0 Å². The maximum Gasteiger partial charge on any atom is 0.242 e. The summed E-state index contributed by atoms with van der Waals surface area (Å²) in [4.78, 5) is 27.7. The summed E-state index contributed by atoms with van der Waals surface area (Å²) in [6, 6.07) is 8.72. The quantitative estimate of drug-likeness (QED) is 0.311. The molecule has 0 spiro atoms. The fourth-order valence-corrected chi connectivity index (χ4v) is 5.27. The normalized spacial score (nSPS) is 13.1. The summed E-state index contributed by atoms with van der Waals surface area (Å²) in [5.74, 6) is -0.602. The van der Waals surface area contributed by atoms with Crippen LogP contribution in [-0.4, -0.2) is 50.0 Å². The van der Waals surface area contributed by atoms with Crippen LogP contribution in [0, 0.1) is 0 Å². The van der Waals surface area contributed by atoms with E-state index < -0.39 is 16.1 Å². The van der Waals surface area contributed by atoms with Gasteiger partial charge in [0.15, 0.2) is 0 Å². The van der Waals surface area contributed by atoms with E-state index in [9.17, 15) is 18.0 Å². The van der Waals surface area contributed by atoms with Crippen molar-refractivity contribution in [2.24, 2.45) is 0 Å². The summed E-state index contributed by atoms with van der Waals surface area (Å²) < 4.78 is 26.1. The van der Waals surface area contributed by atoms with Crippen molar-refractivity contribution in [2.75, 3.05) is 17.1 Å². The summed E-state index contributed by atoms with van der Waals surface area (Å²) >= 11 is 24.5. The molecule has 1 N–H and O–H groups in total. The van der Waals surface area contributed by atoms with Gasteiger partial charge in [-0.3, -0.25) is 13.9 Å². The van der Waals surface area contributed by atoms with E-state index in [0.717, 1.165) is 17.0 Å². The first-order valence-electron chi connectivity index (χ1n) is 11.7. The van der Waals surface area contributed by atoms with Gasteiger partial charge in [0, 0.05) is 30.6 Å². The standard InChI is InChI=1S/C25H31Cl4N3O4S/c1-5-16(2)30-25(34)17(3)31(15-18-8-10-20(27)22(29)13-18)24(33)7-6-12-32(37(4,35)36)23-14-19(26)9-11-21(23)28/h8-11,13-14,16-17H,5-7,12,15H2,1-4H3,(H,30,34)/t16-,17-/m1/s1. The average molecular weight is 611 g/mol. The lowest BCUT2D eigenvalue weighted by Gasteiger charge is -2.30. The number of amides is 2. The van der Waals surface area contributed by atoms with E-state index in [4.69, 9.17) is 46.4 Å². The molecule has 2 rings (SSSR count). The van der Waals surface area contributed by atoms with Crippen LogP contribution in [0.5, 0.6) is 0 Å². The van der Waals surface area contributed by atoms with Gasteiger partial charge >= 0.3 is 0 Å². The third kappa shape index (κ3) is 9.21. The van der Waals surface area contributed by atoms with E-state index >= 15 is 0 Å². The van der Waals surface area contributed by atoms with Crippen molar-refractivity contribution in [2.45, 2.75) is 58.7 Å². The summed E-state index contributed by atoms with van der Waals surface area (Å²) in [7, 11) is -3.70. The Kier molecular flexibility index (Phi) is 11.8. The highest BCUT2D eigenvalue weighted by Crippen LogP contribution is 2.31. The van der Waals surface area contributed by atoms with Crippen LogP contribution in [0.3, 0.4) is 0 Å². The Morgan fingerprint density at radius 1 is 0.973 bits per heavy atom.